The maximum Gasteiger partial charge on any atom is 0.145 e. The molecule has 6 heteroatoms. The summed E-state index contributed by atoms with van der Waals surface area (Å²) in [5, 5.41) is 0. The summed E-state index contributed by atoms with van der Waals surface area (Å²) in [7, 11) is 0. The molecule has 30 heavy (non-hydrogen) atoms. The number of carbonyl (C=O) groups excluding carboxylic acids is 4. The Balaban J connectivity index is 2.56. The molecule has 0 aliphatic carbocycles. The molecule has 0 saturated heterocycles. The Morgan fingerprint density at radius 2 is 1.00 bits per heavy atom. The van der Waals surface area contributed by atoms with Gasteiger partial charge in [-0.15, -0.1) is 0 Å². The van der Waals surface area contributed by atoms with E-state index in [1.165, 1.54) is 26.3 Å². The number of aliphatic imine (C=N–C) groups is 2. The van der Waals surface area contributed by atoms with E-state index in [9.17, 15) is 19.2 Å². The molecule has 0 saturated carbocycles. The second-order valence-electron chi connectivity index (χ2n) is 6.85. The molecule has 4 atom stereocenters. The summed E-state index contributed by atoms with van der Waals surface area (Å²) in [5.74, 6) is -2.51. The van der Waals surface area contributed by atoms with Crippen LogP contribution in [-0.2, 0) is 19.2 Å². The van der Waals surface area contributed by atoms with Gasteiger partial charge in [0.2, 0.25) is 0 Å². The molecule has 0 bridgehead atoms. The van der Waals surface area contributed by atoms with E-state index in [-0.39, 0.29) is 11.6 Å². The van der Waals surface area contributed by atoms with Crippen molar-refractivity contribution in [2.45, 2.75) is 25.9 Å². The zero-order valence-corrected chi connectivity index (χ0v) is 16.9. The summed E-state index contributed by atoms with van der Waals surface area (Å²) in [4.78, 5) is 54.9. The largest absolute Gasteiger partial charge is 0.302 e. The van der Waals surface area contributed by atoms with Gasteiger partial charge < -0.3 is 9.59 Å². The van der Waals surface area contributed by atoms with Gasteiger partial charge in [-0.05, 0) is 25.0 Å². The Morgan fingerprint density at radius 1 is 0.667 bits per heavy atom. The fourth-order valence-corrected chi connectivity index (χ4v) is 2.84. The fraction of sp³-hybridized carbons (Fsp3) is 0.250. The first-order valence-corrected chi connectivity index (χ1v) is 9.56. The van der Waals surface area contributed by atoms with Gasteiger partial charge in [-0.1, -0.05) is 60.7 Å². The number of rotatable bonds is 11. The van der Waals surface area contributed by atoms with Gasteiger partial charge in [-0.25, -0.2) is 0 Å². The summed E-state index contributed by atoms with van der Waals surface area (Å²) >= 11 is 0. The Kier molecular flexibility index (Phi) is 8.69. The fourth-order valence-electron chi connectivity index (χ4n) is 2.84. The van der Waals surface area contributed by atoms with Crippen molar-refractivity contribution >= 4 is 36.6 Å². The molecule has 0 amide bonds. The number of nitrogens with zero attached hydrogens (tertiary/aromatic N) is 2. The molecular formula is C24H24N2O4. The first kappa shape index (κ1) is 22.7. The summed E-state index contributed by atoms with van der Waals surface area (Å²) in [5.41, 5.74) is 1.64. The van der Waals surface area contributed by atoms with Crippen molar-refractivity contribution in [1.82, 2.24) is 0 Å². The lowest BCUT2D eigenvalue weighted by atomic mass is 9.93. The molecule has 0 radical (unpaired) electrons. The molecule has 0 heterocycles. The highest BCUT2D eigenvalue weighted by atomic mass is 16.1. The highest BCUT2D eigenvalue weighted by Crippen LogP contribution is 2.35. The molecule has 0 aliphatic heterocycles. The van der Waals surface area contributed by atoms with Crippen LogP contribution < -0.4 is 0 Å². The van der Waals surface area contributed by atoms with Crippen LogP contribution in [0.3, 0.4) is 0 Å². The predicted octanol–water partition coefficient (Wildman–Crippen LogP) is 3.42. The monoisotopic (exact) mass is 404 g/mol. The van der Waals surface area contributed by atoms with Gasteiger partial charge in [0.25, 0.3) is 0 Å². The minimum absolute atomic E-state index is 0.307. The summed E-state index contributed by atoms with van der Waals surface area (Å²) in [6.07, 6.45) is 3.76. The maximum absolute atomic E-state index is 11.7. The minimum atomic E-state index is -0.948. The van der Waals surface area contributed by atoms with Gasteiger partial charge in [-0.2, -0.15) is 0 Å². The highest BCUT2D eigenvalue weighted by molar-refractivity contribution is 6.06. The van der Waals surface area contributed by atoms with Crippen LogP contribution in [0.1, 0.15) is 37.1 Å². The van der Waals surface area contributed by atoms with Crippen LogP contribution in [0, 0.1) is 11.8 Å². The van der Waals surface area contributed by atoms with Crippen molar-refractivity contribution < 1.29 is 19.2 Å². The van der Waals surface area contributed by atoms with Crippen LogP contribution in [0.4, 0.5) is 0 Å². The van der Waals surface area contributed by atoms with Crippen molar-refractivity contribution in [3.63, 3.8) is 0 Å². The first-order valence-electron chi connectivity index (χ1n) is 9.56. The third-order valence-corrected chi connectivity index (χ3v) is 4.63. The lowest BCUT2D eigenvalue weighted by Gasteiger charge is -2.22. The van der Waals surface area contributed by atoms with Crippen LogP contribution in [0.5, 0.6) is 0 Å². The van der Waals surface area contributed by atoms with Gasteiger partial charge in [0.05, 0.1) is 0 Å². The normalized spacial score (nSPS) is 15.4. The zero-order valence-electron chi connectivity index (χ0n) is 16.9. The van der Waals surface area contributed by atoms with Gasteiger partial charge in [0, 0.05) is 12.4 Å². The molecule has 2 aromatic carbocycles. The number of hydrogen-bond donors (Lipinski definition) is 0. The molecule has 2 unspecified atom stereocenters. The molecule has 0 aliphatic rings. The van der Waals surface area contributed by atoms with E-state index in [1.807, 2.05) is 60.7 Å². The average Bonchev–Trinajstić information content (AvgIpc) is 2.76. The van der Waals surface area contributed by atoms with E-state index in [0.717, 1.165) is 11.1 Å². The third kappa shape index (κ3) is 6.24. The molecule has 0 N–H and O–H groups in total. The summed E-state index contributed by atoms with van der Waals surface area (Å²) in [6.45, 7) is 2.66. The quantitative estimate of drug-likeness (QED) is 0.326. The Bertz CT molecular complexity index is 845. The van der Waals surface area contributed by atoms with E-state index in [0.29, 0.717) is 12.6 Å². The summed E-state index contributed by atoms with van der Waals surface area (Å²) < 4.78 is 0. The topological polar surface area (TPSA) is 93.0 Å². The van der Waals surface area contributed by atoms with Gasteiger partial charge >= 0.3 is 0 Å². The van der Waals surface area contributed by atoms with Gasteiger partial charge in [0.1, 0.15) is 48.1 Å². The molecular weight excluding hydrogens is 380 g/mol. The lowest BCUT2D eigenvalue weighted by molar-refractivity contribution is -0.124. The van der Waals surface area contributed by atoms with E-state index >= 15 is 0 Å². The van der Waals surface area contributed by atoms with Crippen LogP contribution in [-0.4, -0.2) is 36.6 Å². The maximum atomic E-state index is 11.7. The van der Waals surface area contributed by atoms with Gasteiger partial charge in [0.15, 0.2) is 0 Å². The number of Topliss-reactive ketones (excluding diaryl/α,β-unsaturated/α-hetero) is 2. The molecule has 0 spiro atoms. The lowest BCUT2D eigenvalue weighted by Crippen LogP contribution is -2.17. The van der Waals surface area contributed by atoms with E-state index in [1.54, 1.807) is 0 Å². The number of aldehydes is 2. The molecule has 6 nitrogen and oxygen atoms in total. The standard InChI is InChI=1S/C24H24N2O4/c1-17(29)21(15-27)13-25-23(19-9-5-3-6-10-19)24(20-11-7-4-8-12-20)26-14-22(16-28)18(2)30/h3-16,21-24H,1-2H3/t21?,22?,23-,24-/m0/s1. The van der Waals surface area contributed by atoms with Crippen LogP contribution >= 0.6 is 0 Å². The Hall–Kier alpha value is -3.54. The molecule has 0 aromatic heterocycles. The Morgan fingerprint density at radius 3 is 1.27 bits per heavy atom. The minimum Gasteiger partial charge on any atom is -0.302 e. The number of ketones is 2. The van der Waals surface area contributed by atoms with Crippen LogP contribution in [0.25, 0.3) is 0 Å². The highest BCUT2D eigenvalue weighted by Gasteiger charge is 2.25. The SMILES string of the molecule is CC(=O)C(C=O)C=N[C@@H](c1ccccc1)[C@@H](N=CC(C=O)C(C)=O)c1ccccc1. The van der Waals surface area contributed by atoms with E-state index in [2.05, 4.69) is 9.98 Å². The first-order chi connectivity index (χ1) is 14.5. The zero-order chi connectivity index (χ0) is 21.9. The predicted molar refractivity (Wildman–Crippen MR) is 116 cm³/mol. The van der Waals surface area contributed by atoms with Crippen LogP contribution in [0.2, 0.25) is 0 Å². The van der Waals surface area contributed by atoms with Crippen molar-refractivity contribution in [3.8, 4) is 0 Å². The smallest absolute Gasteiger partial charge is 0.145 e. The second-order valence-corrected chi connectivity index (χ2v) is 6.85. The van der Waals surface area contributed by atoms with E-state index in [4.69, 9.17) is 0 Å². The number of benzene rings is 2. The average molecular weight is 404 g/mol. The molecule has 154 valence electrons. The van der Waals surface area contributed by atoms with Crippen LogP contribution in [0.15, 0.2) is 70.6 Å². The molecule has 2 rings (SSSR count). The van der Waals surface area contributed by atoms with Crippen molar-refractivity contribution in [3.05, 3.63) is 71.8 Å². The van der Waals surface area contributed by atoms with Crippen molar-refractivity contribution in [1.29, 1.82) is 0 Å². The Labute approximate surface area is 175 Å². The number of hydrogen-bond acceptors (Lipinski definition) is 6. The van der Waals surface area contributed by atoms with E-state index < -0.39 is 23.9 Å². The van der Waals surface area contributed by atoms with Gasteiger partial charge in [-0.3, -0.25) is 19.6 Å². The third-order valence-electron chi connectivity index (χ3n) is 4.63. The second kappa shape index (κ2) is 11.5. The molecule has 0 fully saturated rings. The summed E-state index contributed by atoms with van der Waals surface area (Å²) in [6, 6.07) is 17.5. The van der Waals surface area contributed by atoms with Crippen molar-refractivity contribution in [2.24, 2.45) is 21.8 Å². The number of carbonyl (C=O) groups is 4. The van der Waals surface area contributed by atoms with Crippen molar-refractivity contribution in [2.75, 3.05) is 0 Å². The molecule has 2 aromatic rings.